The van der Waals surface area contributed by atoms with Crippen molar-refractivity contribution in [2.45, 2.75) is 124 Å². The number of hydrogen-bond donors (Lipinski definition) is 5. The molecule has 2 aromatic rings. The van der Waals surface area contributed by atoms with Crippen LogP contribution in [-0.4, -0.2) is 78.5 Å². The average Bonchev–Trinajstić information content (AvgIpc) is 3.09. The summed E-state index contributed by atoms with van der Waals surface area (Å²) < 4.78 is 4.94. The third-order valence-corrected chi connectivity index (χ3v) is 8.42. The van der Waals surface area contributed by atoms with Gasteiger partial charge in [0.25, 0.3) is 0 Å². The quantitative estimate of drug-likeness (QED) is 0.125. The Morgan fingerprint density at radius 3 is 1.58 bits per heavy atom. The maximum atomic E-state index is 13.8. The number of aryl methyl sites for hydroxylation is 1. The van der Waals surface area contributed by atoms with Crippen LogP contribution >= 0.6 is 0 Å². The van der Waals surface area contributed by atoms with Gasteiger partial charge < -0.3 is 31.1 Å². The van der Waals surface area contributed by atoms with Crippen molar-refractivity contribution in [1.29, 1.82) is 0 Å². The standard InChI is InChI=1S/C36H52N4O6.C5H12O/c1-24(2)19-29(32(43)36(5,6)22-41)38-35(46)31(21-27-15-11-8-12-16-27)40-34(45)30(20-25(3)4)39-33(44)28(37-23-42)18-17-26-13-9-7-10-14-26;1-5(2,3)6-4/h7-16,23-25,28-31,41H,17-22H2,1-6H3,(H,37,42)(H,38,46)(H,39,44)(H,40,45);1-4H3/t28-,29+,30?,31?;/m0./s1. The Morgan fingerprint density at radius 2 is 1.12 bits per heavy atom. The van der Waals surface area contributed by atoms with E-state index < -0.39 is 47.3 Å². The van der Waals surface area contributed by atoms with Crippen molar-refractivity contribution in [2.75, 3.05) is 13.7 Å². The Balaban J connectivity index is 0.00000206. The SMILES string of the molecule is CC(C)CC(NC(=O)[C@H](CCc1ccccc1)NC=O)C(=O)NC(Cc1ccccc1)C(=O)N[C@H](CC(C)C)C(=O)C(C)(C)CO.COC(C)(C)C. The van der Waals surface area contributed by atoms with Crippen molar-refractivity contribution in [3.63, 3.8) is 0 Å². The minimum atomic E-state index is -1.07. The fourth-order valence-corrected chi connectivity index (χ4v) is 5.16. The molecule has 0 radical (unpaired) electrons. The lowest BCUT2D eigenvalue weighted by Gasteiger charge is -2.30. The van der Waals surface area contributed by atoms with Gasteiger partial charge in [-0.2, -0.15) is 0 Å². The van der Waals surface area contributed by atoms with Gasteiger partial charge in [-0.3, -0.25) is 24.0 Å². The van der Waals surface area contributed by atoms with E-state index in [0.717, 1.165) is 11.1 Å². The molecule has 5 N–H and O–H groups in total. The average molecular weight is 725 g/mol. The van der Waals surface area contributed by atoms with E-state index in [1.54, 1.807) is 21.0 Å². The minimum Gasteiger partial charge on any atom is -0.395 e. The van der Waals surface area contributed by atoms with E-state index in [1.165, 1.54) is 0 Å². The van der Waals surface area contributed by atoms with Crippen LogP contribution in [0.25, 0.3) is 0 Å². The second-order valence-electron chi connectivity index (χ2n) is 15.7. The number of ketones is 1. The number of methoxy groups -OCH3 is 1. The second kappa shape index (κ2) is 22.8. The number of benzene rings is 2. The van der Waals surface area contributed by atoms with Gasteiger partial charge in [0, 0.05) is 18.9 Å². The van der Waals surface area contributed by atoms with Gasteiger partial charge in [0.1, 0.15) is 18.1 Å². The molecule has 0 aliphatic rings. The van der Waals surface area contributed by atoms with Crippen LogP contribution in [0, 0.1) is 17.3 Å². The molecular weight excluding hydrogens is 660 g/mol. The number of carbonyl (C=O) groups is 5. The summed E-state index contributed by atoms with van der Waals surface area (Å²) in [5, 5.41) is 20.9. The van der Waals surface area contributed by atoms with Crippen LogP contribution in [0.3, 0.4) is 0 Å². The number of amides is 4. The van der Waals surface area contributed by atoms with E-state index in [1.807, 2.05) is 109 Å². The van der Waals surface area contributed by atoms with E-state index in [9.17, 15) is 29.1 Å². The molecule has 2 aromatic carbocycles. The highest BCUT2D eigenvalue weighted by Gasteiger charge is 2.36. The summed E-state index contributed by atoms with van der Waals surface area (Å²) in [6.07, 6.45) is 2.16. The number of nitrogens with one attached hydrogen (secondary N) is 4. The molecule has 0 aliphatic heterocycles. The third-order valence-electron chi connectivity index (χ3n) is 8.42. The van der Waals surface area contributed by atoms with Crippen molar-refractivity contribution >= 4 is 29.9 Å². The molecule has 0 saturated heterocycles. The fraction of sp³-hybridized carbons (Fsp3) is 0.585. The number of aliphatic hydroxyl groups is 1. The van der Waals surface area contributed by atoms with Gasteiger partial charge in [-0.15, -0.1) is 0 Å². The molecule has 0 heterocycles. The van der Waals surface area contributed by atoms with Gasteiger partial charge in [0.05, 0.1) is 18.2 Å². The van der Waals surface area contributed by atoms with Crippen LogP contribution in [0.1, 0.15) is 92.7 Å². The van der Waals surface area contributed by atoms with Crippen LogP contribution < -0.4 is 21.3 Å². The summed E-state index contributed by atoms with van der Waals surface area (Å²) in [6.45, 7) is 16.7. The molecule has 0 fully saturated rings. The van der Waals surface area contributed by atoms with Gasteiger partial charge in [-0.1, -0.05) is 102 Å². The number of hydrogen-bond acceptors (Lipinski definition) is 7. The minimum absolute atomic E-state index is 0.0213. The molecule has 0 spiro atoms. The van der Waals surface area contributed by atoms with Crippen LogP contribution in [0.15, 0.2) is 60.7 Å². The summed E-state index contributed by atoms with van der Waals surface area (Å²) in [5.74, 6) is -1.78. The zero-order chi connectivity index (χ0) is 39.5. The summed E-state index contributed by atoms with van der Waals surface area (Å²) in [4.78, 5) is 65.6. The Kier molecular flexibility index (Phi) is 20.1. The predicted octanol–water partition coefficient (Wildman–Crippen LogP) is 4.54. The molecule has 52 heavy (non-hydrogen) atoms. The van der Waals surface area contributed by atoms with Gasteiger partial charge in [0.15, 0.2) is 5.78 Å². The summed E-state index contributed by atoms with van der Waals surface area (Å²) in [5.41, 5.74) is 0.784. The van der Waals surface area contributed by atoms with Crippen LogP contribution in [0.4, 0.5) is 0 Å². The van der Waals surface area contributed by atoms with E-state index in [0.29, 0.717) is 32.1 Å². The van der Waals surface area contributed by atoms with Crippen molar-refractivity contribution in [2.24, 2.45) is 17.3 Å². The Labute approximate surface area is 311 Å². The van der Waals surface area contributed by atoms with Crippen molar-refractivity contribution in [1.82, 2.24) is 21.3 Å². The smallest absolute Gasteiger partial charge is 0.243 e. The highest BCUT2D eigenvalue weighted by Crippen LogP contribution is 2.21. The second-order valence-corrected chi connectivity index (χ2v) is 15.7. The van der Waals surface area contributed by atoms with E-state index in [4.69, 9.17) is 4.74 Å². The highest BCUT2D eigenvalue weighted by molar-refractivity contribution is 5.96. The topological polar surface area (TPSA) is 163 Å². The molecule has 2 rings (SSSR count). The van der Waals surface area contributed by atoms with Gasteiger partial charge >= 0.3 is 0 Å². The van der Waals surface area contributed by atoms with Crippen molar-refractivity contribution in [3.05, 3.63) is 71.8 Å². The van der Waals surface area contributed by atoms with E-state index >= 15 is 0 Å². The van der Waals surface area contributed by atoms with Crippen molar-refractivity contribution < 1.29 is 33.8 Å². The van der Waals surface area contributed by atoms with Crippen LogP contribution in [0.2, 0.25) is 0 Å². The van der Waals surface area contributed by atoms with Gasteiger partial charge in [-0.25, -0.2) is 0 Å². The Hall–Kier alpha value is -4.09. The molecule has 0 aliphatic carbocycles. The summed E-state index contributed by atoms with van der Waals surface area (Å²) in [7, 11) is 1.71. The Bertz CT molecular complexity index is 1370. The molecule has 0 saturated carbocycles. The van der Waals surface area contributed by atoms with Crippen LogP contribution in [0.5, 0.6) is 0 Å². The molecule has 2 unspecified atom stereocenters. The zero-order valence-corrected chi connectivity index (χ0v) is 33.0. The zero-order valence-electron chi connectivity index (χ0n) is 33.0. The monoisotopic (exact) mass is 724 g/mol. The number of Topliss-reactive ketones (excluding diaryl/α,β-unsaturated/α-hetero) is 1. The molecule has 0 bridgehead atoms. The largest absolute Gasteiger partial charge is 0.395 e. The highest BCUT2D eigenvalue weighted by atomic mass is 16.5. The first-order chi connectivity index (χ1) is 24.3. The Morgan fingerprint density at radius 1 is 0.692 bits per heavy atom. The van der Waals surface area contributed by atoms with Gasteiger partial charge in [0.2, 0.25) is 24.1 Å². The number of rotatable bonds is 20. The molecule has 4 amide bonds. The maximum absolute atomic E-state index is 13.8. The van der Waals surface area contributed by atoms with Crippen molar-refractivity contribution in [3.8, 4) is 0 Å². The maximum Gasteiger partial charge on any atom is 0.243 e. The molecular formula is C41H64N4O7. The van der Waals surface area contributed by atoms with Gasteiger partial charge in [-0.05, 0) is 69.4 Å². The third kappa shape index (κ3) is 17.9. The molecule has 11 nitrogen and oxygen atoms in total. The summed E-state index contributed by atoms with van der Waals surface area (Å²) >= 11 is 0. The fourth-order valence-electron chi connectivity index (χ4n) is 5.16. The number of aliphatic hydroxyl groups excluding tert-OH is 1. The lowest BCUT2D eigenvalue weighted by molar-refractivity contribution is -0.137. The predicted molar refractivity (Wildman–Crippen MR) is 205 cm³/mol. The molecule has 11 heteroatoms. The van der Waals surface area contributed by atoms with E-state index in [-0.39, 0.29) is 36.2 Å². The van der Waals surface area contributed by atoms with E-state index in [2.05, 4.69) is 21.3 Å². The lowest BCUT2D eigenvalue weighted by atomic mass is 9.82. The first-order valence-electron chi connectivity index (χ1n) is 18.2. The number of ether oxygens (including phenoxy) is 1. The number of carbonyl (C=O) groups excluding carboxylic acids is 5. The van der Waals surface area contributed by atoms with Crippen LogP contribution in [-0.2, 0) is 41.6 Å². The molecule has 290 valence electrons. The normalized spacial score (nSPS) is 13.9. The lowest BCUT2D eigenvalue weighted by Crippen LogP contribution is -2.59. The molecule has 0 aromatic heterocycles. The first-order valence-corrected chi connectivity index (χ1v) is 18.2. The molecule has 4 atom stereocenters. The summed E-state index contributed by atoms with van der Waals surface area (Å²) in [6, 6.07) is 15.0. The first kappa shape index (κ1) is 45.9.